The van der Waals surface area contributed by atoms with Crippen LogP contribution in [-0.4, -0.2) is 61.9 Å². The standard InChI is InChI=1S/C19H22F3N7O3S2/c1-10-8-29(34(31,32)15-7-23-9-26-15)4-3-13(10)27-18-25-5-12(19(20,21)22)16(28-18)14-6-24-17(33-14)11(2)30/h5-7,9-11,13,30H,3-4,8H2,1-2H3,(H,23,26)(H,25,27,28)/t10-,11?,13+/m1/s1. The number of piperidine rings is 1. The van der Waals surface area contributed by atoms with Crippen LogP contribution in [-0.2, 0) is 16.2 Å². The van der Waals surface area contributed by atoms with Gasteiger partial charge >= 0.3 is 6.18 Å². The van der Waals surface area contributed by atoms with Crippen molar-refractivity contribution in [1.82, 2.24) is 29.2 Å². The van der Waals surface area contributed by atoms with Crippen LogP contribution in [0.3, 0.4) is 0 Å². The van der Waals surface area contributed by atoms with Gasteiger partial charge in [-0.2, -0.15) is 17.5 Å². The third kappa shape index (κ3) is 4.92. The Labute approximate surface area is 197 Å². The van der Waals surface area contributed by atoms with Gasteiger partial charge in [0.25, 0.3) is 10.0 Å². The van der Waals surface area contributed by atoms with Crippen molar-refractivity contribution in [3.63, 3.8) is 0 Å². The molecule has 184 valence electrons. The summed E-state index contributed by atoms with van der Waals surface area (Å²) in [4.78, 5) is 18.6. The Morgan fingerprint density at radius 3 is 2.65 bits per heavy atom. The van der Waals surface area contributed by atoms with Crippen LogP contribution in [0.4, 0.5) is 19.1 Å². The molecule has 0 amide bonds. The maximum atomic E-state index is 13.6. The van der Waals surface area contributed by atoms with E-state index in [1.54, 1.807) is 0 Å². The first-order valence-electron chi connectivity index (χ1n) is 10.3. The van der Waals surface area contributed by atoms with Crippen LogP contribution in [0.15, 0.2) is 29.9 Å². The molecule has 3 aromatic rings. The molecule has 3 aromatic heterocycles. The van der Waals surface area contributed by atoms with Gasteiger partial charge in [0.1, 0.15) is 16.7 Å². The van der Waals surface area contributed by atoms with Crippen LogP contribution >= 0.6 is 11.3 Å². The molecule has 10 nitrogen and oxygen atoms in total. The van der Waals surface area contributed by atoms with Crippen LogP contribution < -0.4 is 5.32 Å². The van der Waals surface area contributed by atoms with Gasteiger partial charge in [-0.1, -0.05) is 6.92 Å². The van der Waals surface area contributed by atoms with Gasteiger partial charge in [-0.3, -0.25) is 0 Å². The number of thiazole rings is 1. The minimum Gasteiger partial charge on any atom is -0.386 e. The molecular weight excluding hydrogens is 495 g/mol. The minimum absolute atomic E-state index is 0.00421. The van der Waals surface area contributed by atoms with Crippen LogP contribution in [0.2, 0.25) is 0 Å². The van der Waals surface area contributed by atoms with Crippen molar-refractivity contribution in [3.8, 4) is 10.6 Å². The number of imidazole rings is 1. The van der Waals surface area contributed by atoms with Crippen molar-refractivity contribution in [3.05, 3.63) is 35.5 Å². The summed E-state index contributed by atoms with van der Waals surface area (Å²) in [5, 5.41) is 12.9. The van der Waals surface area contributed by atoms with E-state index >= 15 is 0 Å². The summed E-state index contributed by atoms with van der Waals surface area (Å²) in [6.07, 6.45) is -0.638. The molecule has 4 rings (SSSR count). The van der Waals surface area contributed by atoms with Crippen molar-refractivity contribution in [2.45, 2.75) is 43.6 Å². The zero-order chi connectivity index (χ0) is 24.7. The number of nitrogens with zero attached hydrogens (tertiary/aromatic N) is 5. The second kappa shape index (κ2) is 9.20. The molecule has 1 unspecified atom stereocenters. The number of aliphatic hydroxyl groups is 1. The van der Waals surface area contributed by atoms with Crippen molar-refractivity contribution in [2.24, 2.45) is 5.92 Å². The van der Waals surface area contributed by atoms with Gasteiger partial charge in [0.15, 0.2) is 5.03 Å². The van der Waals surface area contributed by atoms with E-state index < -0.39 is 27.9 Å². The molecular formula is C19H22F3N7O3S2. The van der Waals surface area contributed by atoms with Crippen molar-refractivity contribution in [1.29, 1.82) is 0 Å². The number of anilines is 1. The lowest BCUT2D eigenvalue weighted by Crippen LogP contribution is -2.47. The minimum atomic E-state index is -4.68. The Hall–Kier alpha value is -2.62. The van der Waals surface area contributed by atoms with E-state index in [4.69, 9.17) is 0 Å². The maximum Gasteiger partial charge on any atom is 0.420 e. The number of nitrogens with one attached hydrogen (secondary N) is 2. The van der Waals surface area contributed by atoms with E-state index in [9.17, 15) is 26.7 Å². The number of sulfonamides is 1. The number of aromatic nitrogens is 5. The first kappa shape index (κ1) is 24.5. The summed E-state index contributed by atoms with van der Waals surface area (Å²) < 4.78 is 67.5. The van der Waals surface area contributed by atoms with Gasteiger partial charge in [0.2, 0.25) is 5.95 Å². The van der Waals surface area contributed by atoms with Crippen molar-refractivity contribution in [2.75, 3.05) is 18.4 Å². The molecule has 15 heteroatoms. The molecule has 0 spiro atoms. The average molecular weight is 518 g/mol. The first-order valence-corrected chi connectivity index (χ1v) is 12.6. The lowest BCUT2D eigenvalue weighted by molar-refractivity contribution is -0.137. The van der Waals surface area contributed by atoms with E-state index in [2.05, 4.69) is 30.2 Å². The molecule has 0 aliphatic carbocycles. The smallest absolute Gasteiger partial charge is 0.386 e. The summed E-state index contributed by atoms with van der Waals surface area (Å²) in [6, 6.07) is -0.260. The van der Waals surface area contributed by atoms with Crippen LogP contribution in [0.1, 0.15) is 36.9 Å². The molecule has 0 saturated carbocycles. The quantitative estimate of drug-likeness (QED) is 0.454. The Balaban J connectivity index is 1.55. The molecule has 0 bridgehead atoms. The lowest BCUT2D eigenvalue weighted by Gasteiger charge is -2.36. The SMILES string of the molecule is CC(O)c1ncc(-c2nc(N[C@H]3CCN(S(=O)(=O)c4c[nH]cn4)C[C@H]3C)ncc2C(F)(F)F)s1. The Bertz CT molecular complexity index is 1250. The van der Waals surface area contributed by atoms with E-state index in [1.165, 1.54) is 29.9 Å². The normalized spacial score (nSPS) is 20.9. The first-order chi connectivity index (χ1) is 16.0. The fourth-order valence-electron chi connectivity index (χ4n) is 3.66. The van der Waals surface area contributed by atoms with Gasteiger partial charge in [-0.15, -0.1) is 11.3 Å². The van der Waals surface area contributed by atoms with Gasteiger partial charge in [-0.25, -0.2) is 28.4 Å². The summed E-state index contributed by atoms with van der Waals surface area (Å²) in [7, 11) is -3.74. The molecule has 1 saturated heterocycles. The second-order valence-corrected chi connectivity index (χ2v) is 10.9. The summed E-state index contributed by atoms with van der Waals surface area (Å²) in [5.74, 6) is -0.183. The van der Waals surface area contributed by atoms with Gasteiger partial charge in [-0.05, 0) is 19.3 Å². The Morgan fingerprint density at radius 2 is 2.06 bits per heavy atom. The molecule has 1 fully saturated rings. The zero-order valence-corrected chi connectivity index (χ0v) is 19.7. The molecule has 0 radical (unpaired) electrons. The van der Waals surface area contributed by atoms with Gasteiger partial charge < -0.3 is 15.4 Å². The molecule has 3 N–H and O–H groups in total. The largest absolute Gasteiger partial charge is 0.420 e. The van der Waals surface area contributed by atoms with Crippen molar-refractivity contribution >= 4 is 27.3 Å². The summed E-state index contributed by atoms with van der Waals surface area (Å²) in [6.45, 7) is 3.72. The molecule has 4 heterocycles. The van der Waals surface area contributed by atoms with E-state index in [0.29, 0.717) is 12.6 Å². The zero-order valence-electron chi connectivity index (χ0n) is 18.1. The average Bonchev–Trinajstić information content (AvgIpc) is 3.47. The third-order valence-corrected chi connectivity index (χ3v) is 8.41. The van der Waals surface area contributed by atoms with E-state index in [-0.39, 0.29) is 51.6 Å². The number of halogens is 3. The number of hydrogen-bond acceptors (Lipinski definition) is 9. The highest BCUT2D eigenvalue weighted by Crippen LogP contribution is 2.39. The van der Waals surface area contributed by atoms with Crippen molar-refractivity contribution < 1.29 is 26.7 Å². The number of H-pyrrole nitrogens is 1. The van der Waals surface area contributed by atoms with Gasteiger partial charge in [0, 0.05) is 37.7 Å². The lowest BCUT2D eigenvalue weighted by atomic mass is 9.95. The molecule has 1 aliphatic heterocycles. The van der Waals surface area contributed by atoms with E-state index in [0.717, 1.165) is 11.3 Å². The maximum absolute atomic E-state index is 13.6. The number of alkyl halides is 3. The Morgan fingerprint density at radius 1 is 1.29 bits per heavy atom. The predicted octanol–water partition coefficient (Wildman–Crippen LogP) is 2.91. The molecule has 34 heavy (non-hydrogen) atoms. The molecule has 3 atom stereocenters. The second-order valence-electron chi connectivity index (χ2n) is 7.98. The molecule has 0 aromatic carbocycles. The predicted molar refractivity (Wildman–Crippen MR) is 117 cm³/mol. The number of hydrogen-bond donors (Lipinski definition) is 3. The van der Waals surface area contributed by atoms with Gasteiger partial charge in [0.05, 0.1) is 16.9 Å². The Kier molecular flexibility index (Phi) is 6.63. The summed E-state index contributed by atoms with van der Waals surface area (Å²) >= 11 is 0.920. The van der Waals surface area contributed by atoms with Crippen LogP contribution in [0, 0.1) is 5.92 Å². The highest BCUT2D eigenvalue weighted by atomic mass is 32.2. The number of rotatable bonds is 6. The number of aliphatic hydroxyl groups excluding tert-OH is 1. The number of aromatic amines is 1. The monoisotopic (exact) mass is 517 g/mol. The highest BCUT2D eigenvalue weighted by molar-refractivity contribution is 7.89. The fourth-order valence-corrected chi connectivity index (χ4v) is 5.97. The van der Waals surface area contributed by atoms with Crippen LogP contribution in [0.5, 0.6) is 0 Å². The molecule has 1 aliphatic rings. The fraction of sp³-hybridized carbons (Fsp3) is 0.474. The third-order valence-electron chi connectivity index (χ3n) is 5.47. The topological polar surface area (TPSA) is 137 Å². The summed E-state index contributed by atoms with van der Waals surface area (Å²) in [5.41, 5.74) is -1.34. The highest BCUT2D eigenvalue weighted by Gasteiger charge is 2.37. The van der Waals surface area contributed by atoms with Crippen LogP contribution in [0.25, 0.3) is 10.6 Å². The van der Waals surface area contributed by atoms with E-state index in [1.807, 2.05) is 6.92 Å².